The number of amides is 1. The van der Waals surface area contributed by atoms with Crippen LogP contribution in [0.15, 0.2) is 12.2 Å². The number of hydrogen-bond donors (Lipinski definition) is 3. The Bertz CT molecular complexity index is 1020. The van der Waals surface area contributed by atoms with Crippen LogP contribution in [-0.4, -0.2) is 47.4 Å². The molecule has 0 aliphatic heterocycles. The van der Waals surface area contributed by atoms with Gasteiger partial charge >= 0.3 is 5.97 Å². The van der Waals surface area contributed by atoms with Crippen LogP contribution in [0.3, 0.4) is 0 Å². The van der Waals surface area contributed by atoms with Crippen molar-refractivity contribution in [1.82, 2.24) is 5.32 Å². The third-order valence-electron chi connectivity index (χ3n) is 14.6. The minimum atomic E-state index is -0.672. The third kappa shape index (κ3) is 53.9. The smallest absolute Gasteiger partial charge is 0.305 e. The van der Waals surface area contributed by atoms with Crippen molar-refractivity contribution < 1.29 is 24.5 Å². The van der Waals surface area contributed by atoms with Crippen molar-refractivity contribution in [3.63, 3.8) is 0 Å². The Hall–Kier alpha value is -1.40. The fraction of sp³-hybridized carbons (Fsp3) is 0.935. The number of rotatable bonds is 58. The van der Waals surface area contributed by atoms with E-state index in [1.54, 1.807) is 0 Å². The van der Waals surface area contributed by atoms with Gasteiger partial charge in [-0.15, -0.1) is 0 Å². The van der Waals surface area contributed by atoms with Crippen LogP contribution in [0, 0.1) is 0 Å². The van der Waals surface area contributed by atoms with E-state index >= 15 is 0 Å². The summed E-state index contributed by atoms with van der Waals surface area (Å²) in [4.78, 5) is 24.6. The van der Waals surface area contributed by atoms with Crippen molar-refractivity contribution in [3.05, 3.63) is 12.2 Å². The lowest BCUT2D eigenvalue weighted by molar-refractivity contribution is -0.143. The lowest BCUT2D eigenvalue weighted by Crippen LogP contribution is -2.45. The zero-order chi connectivity index (χ0) is 49.3. The van der Waals surface area contributed by atoms with E-state index in [4.69, 9.17) is 4.74 Å². The molecule has 0 aromatic heterocycles. The van der Waals surface area contributed by atoms with Crippen molar-refractivity contribution >= 4 is 11.9 Å². The van der Waals surface area contributed by atoms with Gasteiger partial charge < -0.3 is 20.3 Å². The number of carbonyl (C=O) groups excluding carboxylic acids is 2. The number of hydrogen-bond acceptors (Lipinski definition) is 5. The summed E-state index contributed by atoms with van der Waals surface area (Å²) in [6, 6.07) is -0.550. The topological polar surface area (TPSA) is 95.9 Å². The predicted molar refractivity (Wildman–Crippen MR) is 297 cm³/mol. The molecule has 0 fully saturated rings. The molecule has 0 saturated carbocycles. The summed E-state index contributed by atoms with van der Waals surface area (Å²) < 4.78 is 5.48. The number of esters is 1. The molecule has 0 rings (SSSR count). The second-order valence-electron chi connectivity index (χ2n) is 21.4. The lowest BCUT2D eigenvalue weighted by Gasteiger charge is -2.22. The van der Waals surface area contributed by atoms with Crippen LogP contribution in [0.5, 0.6) is 0 Å². The van der Waals surface area contributed by atoms with E-state index in [-0.39, 0.29) is 18.5 Å². The highest BCUT2D eigenvalue weighted by Gasteiger charge is 2.20. The molecule has 0 aliphatic rings. The summed E-state index contributed by atoms with van der Waals surface area (Å²) in [5.41, 5.74) is 0. The maximum Gasteiger partial charge on any atom is 0.305 e. The van der Waals surface area contributed by atoms with Crippen molar-refractivity contribution in [2.75, 3.05) is 13.2 Å². The van der Waals surface area contributed by atoms with E-state index in [0.717, 1.165) is 51.4 Å². The average Bonchev–Trinajstić information content (AvgIpc) is 3.34. The Morgan fingerprint density at radius 2 is 0.691 bits per heavy atom. The Balaban J connectivity index is 3.44. The molecule has 0 heterocycles. The summed E-state index contributed by atoms with van der Waals surface area (Å²) in [5, 5.41) is 23.3. The highest BCUT2D eigenvalue weighted by atomic mass is 16.5. The summed E-state index contributed by atoms with van der Waals surface area (Å²) >= 11 is 0. The van der Waals surface area contributed by atoms with E-state index in [2.05, 4.69) is 31.3 Å². The Kier molecular flexibility index (Phi) is 57.0. The first-order chi connectivity index (χ1) is 33.5. The zero-order valence-electron chi connectivity index (χ0n) is 46.1. The maximum atomic E-state index is 12.5. The van der Waals surface area contributed by atoms with Gasteiger partial charge in [0.05, 0.1) is 25.4 Å². The van der Waals surface area contributed by atoms with Gasteiger partial charge in [-0.05, 0) is 51.4 Å². The van der Waals surface area contributed by atoms with E-state index in [9.17, 15) is 19.8 Å². The average molecular weight is 961 g/mol. The van der Waals surface area contributed by atoms with E-state index < -0.39 is 12.1 Å². The quantitative estimate of drug-likeness (QED) is 0.0321. The molecule has 0 bridgehead atoms. The summed E-state index contributed by atoms with van der Waals surface area (Å²) in [6.07, 6.45) is 69.2. The summed E-state index contributed by atoms with van der Waals surface area (Å²) in [5.74, 6) is -0.0414. The molecule has 6 heteroatoms. The van der Waals surface area contributed by atoms with E-state index in [1.807, 2.05) is 0 Å². The fourth-order valence-electron chi connectivity index (χ4n) is 9.81. The number of allylic oxidation sites excluding steroid dienone is 2. The third-order valence-corrected chi connectivity index (χ3v) is 14.6. The van der Waals surface area contributed by atoms with Crippen molar-refractivity contribution in [2.45, 2.75) is 360 Å². The maximum absolute atomic E-state index is 12.5. The molecule has 0 spiro atoms. The van der Waals surface area contributed by atoms with Crippen LogP contribution in [0.2, 0.25) is 0 Å². The zero-order valence-corrected chi connectivity index (χ0v) is 46.1. The molecule has 2 atom stereocenters. The fourth-order valence-corrected chi connectivity index (χ4v) is 9.81. The second kappa shape index (κ2) is 58.2. The van der Waals surface area contributed by atoms with Crippen LogP contribution in [0.4, 0.5) is 0 Å². The summed E-state index contributed by atoms with van der Waals surface area (Å²) in [7, 11) is 0. The van der Waals surface area contributed by atoms with Crippen LogP contribution in [0.25, 0.3) is 0 Å². The van der Waals surface area contributed by atoms with Gasteiger partial charge in [-0.2, -0.15) is 0 Å². The monoisotopic (exact) mass is 960 g/mol. The molecule has 68 heavy (non-hydrogen) atoms. The standard InChI is InChI=1S/C62H121NO5/c1-3-5-7-9-11-13-15-17-19-20-21-23-27-30-34-38-42-46-50-54-60(65)59(58-64)63-61(66)55-51-47-43-39-35-31-28-24-22-25-29-33-37-41-45-49-53-57-68-62(67)56-52-48-44-40-36-32-26-18-16-14-12-10-8-6-4-2/h22,25,59-60,64-65H,3-21,23-24,26-58H2,1-2H3,(H,63,66)/b25-22-. The van der Waals surface area contributed by atoms with Crippen molar-refractivity contribution in [3.8, 4) is 0 Å². The van der Waals surface area contributed by atoms with Crippen molar-refractivity contribution in [1.29, 1.82) is 0 Å². The number of nitrogens with one attached hydrogen (secondary N) is 1. The van der Waals surface area contributed by atoms with E-state index in [0.29, 0.717) is 25.9 Å². The highest BCUT2D eigenvalue weighted by molar-refractivity contribution is 5.76. The first-order valence-corrected chi connectivity index (χ1v) is 30.9. The van der Waals surface area contributed by atoms with Gasteiger partial charge in [-0.25, -0.2) is 0 Å². The minimum absolute atomic E-state index is 0.00202. The predicted octanol–water partition coefficient (Wildman–Crippen LogP) is 19.2. The number of aliphatic hydroxyl groups excluding tert-OH is 2. The SMILES string of the molecule is CCCCCCCCCCCCCCCCCCCCCC(O)C(CO)NC(=O)CCCCCCCCC/C=C\CCCCCCCCOC(=O)CCCCCCCCCCCCCCCCC. The largest absolute Gasteiger partial charge is 0.466 e. The number of unbranched alkanes of at least 4 members (excludes halogenated alkanes) is 45. The molecule has 2 unspecified atom stereocenters. The minimum Gasteiger partial charge on any atom is -0.466 e. The normalized spacial score (nSPS) is 12.6. The molecule has 0 aliphatic carbocycles. The lowest BCUT2D eigenvalue weighted by atomic mass is 10.0. The van der Waals surface area contributed by atoms with Gasteiger partial charge in [0, 0.05) is 12.8 Å². The molecule has 0 aromatic rings. The van der Waals surface area contributed by atoms with Crippen molar-refractivity contribution in [2.24, 2.45) is 0 Å². The van der Waals surface area contributed by atoms with E-state index in [1.165, 1.54) is 263 Å². The molecule has 0 saturated heterocycles. The number of aliphatic hydroxyl groups is 2. The molecule has 1 amide bonds. The van der Waals surface area contributed by atoms with Gasteiger partial charge in [-0.3, -0.25) is 9.59 Å². The first-order valence-electron chi connectivity index (χ1n) is 30.9. The van der Waals surface area contributed by atoms with Crippen LogP contribution in [0.1, 0.15) is 348 Å². The summed E-state index contributed by atoms with van der Waals surface area (Å²) in [6.45, 7) is 4.96. The molecule has 0 aromatic carbocycles. The van der Waals surface area contributed by atoms with Gasteiger partial charge in [0.1, 0.15) is 0 Å². The highest BCUT2D eigenvalue weighted by Crippen LogP contribution is 2.18. The Morgan fingerprint density at radius 3 is 1.04 bits per heavy atom. The van der Waals surface area contributed by atoms with Gasteiger partial charge in [0.25, 0.3) is 0 Å². The molecule has 0 radical (unpaired) electrons. The Morgan fingerprint density at radius 1 is 0.397 bits per heavy atom. The van der Waals surface area contributed by atoms with Crippen LogP contribution in [-0.2, 0) is 14.3 Å². The Labute approximate surface area is 425 Å². The molecular weight excluding hydrogens is 839 g/mol. The molecule has 404 valence electrons. The van der Waals surface area contributed by atoms with Crippen LogP contribution < -0.4 is 5.32 Å². The molecule has 3 N–H and O–H groups in total. The van der Waals surface area contributed by atoms with Gasteiger partial charge in [0.2, 0.25) is 5.91 Å². The van der Waals surface area contributed by atoms with Gasteiger partial charge in [0.15, 0.2) is 0 Å². The first kappa shape index (κ1) is 66.6. The second-order valence-corrected chi connectivity index (χ2v) is 21.4. The number of ether oxygens (including phenoxy) is 1. The van der Waals surface area contributed by atoms with Crippen LogP contribution >= 0.6 is 0 Å². The van der Waals surface area contributed by atoms with Gasteiger partial charge in [-0.1, -0.05) is 296 Å². The molecule has 6 nitrogen and oxygen atoms in total. The molecular formula is C62H121NO5. The number of carbonyl (C=O) groups is 2.